The maximum absolute atomic E-state index is 13.0. The number of benzene rings is 2. The van der Waals surface area contributed by atoms with Gasteiger partial charge in [-0.25, -0.2) is 0 Å². The molecule has 1 aromatic heterocycles. The van der Waals surface area contributed by atoms with Crippen LogP contribution in [-0.4, -0.2) is 24.4 Å². The van der Waals surface area contributed by atoms with Gasteiger partial charge < -0.3 is 24.1 Å². The van der Waals surface area contributed by atoms with Crippen LogP contribution in [0.15, 0.2) is 39.1 Å². The molecular weight excluding hydrogens is 336 g/mol. The number of phenols is 2. The van der Waals surface area contributed by atoms with Crippen LogP contribution in [0.5, 0.6) is 23.0 Å². The molecule has 6 nitrogen and oxygen atoms in total. The molecule has 0 aliphatic carbocycles. The van der Waals surface area contributed by atoms with Crippen molar-refractivity contribution in [3.8, 4) is 23.0 Å². The first-order valence-corrected chi connectivity index (χ1v) is 8.07. The van der Waals surface area contributed by atoms with E-state index >= 15 is 0 Å². The Bertz CT molecular complexity index is 1090. The van der Waals surface area contributed by atoms with Gasteiger partial charge in [-0.3, -0.25) is 4.79 Å². The van der Waals surface area contributed by atoms with Gasteiger partial charge in [-0.2, -0.15) is 0 Å². The summed E-state index contributed by atoms with van der Waals surface area (Å²) in [5, 5.41) is 21.0. The van der Waals surface area contributed by atoms with E-state index in [1.165, 1.54) is 26.4 Å². The highest BCUT2D eigenvalue weighted by molar-refractivity contribution is 5.96. The quantitative estimate of drug-likeness (QED) is 0.545. The van der Waals surface area contributed by atoms with Crippen LogP contribution < -0.4 is 14.9 Å². The van der Waals surface area contributed by atoms with E-state index in [9.17, 15) is 15.0 Å². The molecule has 6 heteroatoms. The number of fused-ring (bicyclic) bond motifs is 2. The number of hydrogen-bond acceptors (Lipinski definition) is 6. The Hall–Kier alpha value is -3.15. The van der Waals surface area contributed by atoms with Crippen molar-refractivity contribution < 1.29 is 24.1 Å². The molecule has 0 amide bonds. The van der Waals surface area contributed by atoms with Crippen molar-refractivity contribution in [2.45, 2.75) is 20.3 Å². The van der Waals surface area contributed by atoms with Gasteiger partial charge in [-0.05, 0) is 26.3 Å². The van der Waals surface area contributed by atoms with Gasteiger partial charge in [0.25, 0.3) is 0 Å². The zero-order chi connectivity index (χ0) is 19.0. The van der Waals surface area contributed by atoms with Gasteiger partial charge in [0.1, 0.15) is 28.1 Å². The van der Waals surface area contributed by atoms with E-state index in [1.807, 2.05) is 19.9 Å². The first-order valence-electron chi connectivity index (χ1n) is 8.07. The average molecular weight is 356 g/mol. The predicted octanol–water partition coefficient (Wildman–Crippen LogP) is 3.88. The lowest BCUT2D eigenvalue weighted by atomic mass is 10.0. The largest absolute Gasteiger partial charge is 0.507 e. The zero-order valence-electron chi connectivity index (χ0n) is 15.0. The summed E-state index contributed by atoms with van der Waals surface area (Å²) in [6.07, 6.45) is 2.36. The maximum Gasteiger partial charge on any atom is 0.204 e. The van der Waals surface area contributed by atoms with Crippen LogP contribution in [0.2, 0.25) is 0 Å². The van der Waals surface area contributed by atoms with Gasteiger partial charge >= 0.3 is 0 Å². The van der Waals surface area contributed by atoms with Crippen LogP contribution in [-0.2, 0) is 6.42 Å². The van der Waals surface area contributed by atoms with E-state index in [4.69, 9.17) is 13.9 Å². The second kappa shape index (κ2) is 6.63. The smallest absolute Gasteiger partial charge is 0.204 e. The van der Waals surface area contributed by atoms with Gasteiger partial charge in [0, 0.05) is 17.7 Å². The Morgan fingerprint density at radius 3 is 2.38 bits per heavy atom. The second-order valence-corrected chi connectivity index (χ2v) is 6.22. The summed E-state index contributed by atoms with van der Waals surface area (Å²) < 4.78 is 16.2. The molecule has 0 unspecified atom stereocenters. The molecule has 26 heavy (non-hydrogen) atoms. The summed E-state index contributed by atoms with van der Waals surface area (Å²) in [5.41, 5.74) is 1.57. The molecule has 0 radical (unpaired) electrons. The maximum atomic E-state index is 13.0. The van der Waals surface area contributed by atoms with E-state index in [0.717, 1.165) is 5.57 Å². The highest BCUT2D eigenvalue weighted by Gasteiger charge is 2.20. The molecule has 2 aromatic carbocycles. The lowest BCUT2D eigenvalue weighted by Gasteiger charge is -2.13. The Morgan fingerprint density at radius 1 is 1.08 bits per heavy atom. The van der Waals surface area contributed by atoms with E-state index < -0.39 is 5.43 Å². The fourth-order valence-electron chi connectivity index (χ4n) is 2.88. The Balaban J connectivity index is 2.40. The van der Waals surface area contributed by atoms with Gasteiger partial charge in [-0.1, -0.05) is 11.6 Å². The minimum Gasteiger partial charge on any atom is -0.507 e. The second-order valence-electron chi connectivity index (χ2n) is 6.22. The fraction of sp³-hybridized carbons (Fsp3) is 0.250. The number of allylic oxidation sites excluding steroid dienone is 2. The first-order chi connectivity index (χ1) is 12.4. The monoisotopic (exact) mass is 356 g/mol. The average Bonchev–Trinajstić information content (AvgIpc) is 2.59. The van der Waals surface area contributed by atoms with Crippen LogP contribution in [0.1, 0.15) is 19.4 Å². The lowest BCUT2D eigenvalue weighted by Crippen LogP contribution is -2.05. The van der Waals surface area contributed by atoms with Gasteiger partial charge in [0.2, 0.25) is 5.43 Å². The van der Waals surface area contributed by atoms with Crippen LogP contribution >= 0.6 is 0 Å². The molecule has 0 atom stereocenters. The van der Waals surface area contributed by atoms with Crippen molar-refractivity contribution in [3.63, 3.8) is 0 Å². The lowest BCUT2D eigenvalue weighted by molar-refractivity contribution is 0.374. The Labute approximate surface area is 149 Å². The molecule has 0 fully saturated rings. The molecule has 0 aliphatic rings. The molecule has 0 saturated heterocycles. The number of rotatable bonds is 4. The summed E-state index contributed by atoms with van der Waals surface area (Å²) in [5.74, 6) is 0.271. The SMILES string of the molecule is COc1cc2c(=O)c3c(O)c(CC=C(C)C)c(OC)cc3oc2cc1O. The molecule has 1 heterocycles. The molecule has 0 aliphatic heterocycles. The van der Waals surface area contributed by atoms with Gasteiger partial charge in [0.15, 0.2) is 11.5 Å². The summed E-state index contributed by atoms with van der Waals surface area (Å²) >= 11 is 0. The zero-order valence-corrected chi connectivity index (χ0v) is 15.0. The molecule has 3 aromatic rings. The van der Waals surface area contributed by atoms with E-state index in [-0.39, 0.29) is 39.2 Å². The molecule has 3 rings (SSSR count). The highest BCUT2D eigenvalue weighted by Crippen LogP contribution is 2.38. The molecular formula is C20H20O6. The third kappa shape index (κ3) is 2.83. The van der Waals surface area contributed by atoms with Crippen molar-refractivity contribution in [1.29, 1.82) is 0 Å². The minimum atomic E-state index is -0.404. The molecule has 2 N–H and O–H groups in total. The van der Waals surface area contributed by atoms with Crippen molar-refractivity contribution in [3.05, 3.63) is 45.6 Å². The number of ether oxygens (including phenoxy) is 2. The third-order valence-electron chi connectivity index (χ3n) is 4.24. The van der Waals surface area contributed by atoms with Crippen LogP contribution in [0, 0.1) is 0 Å². The van der Waals surface area contributed by atoms with Gasteiger partial charge in [0.05, 0.1) is 19.6 Å². The number of aromatic hydroxyl groups is 2. The Morgan fingerprint density at radius 2 is 1.77 bits per heavy atom. The number of methoxy groups -OCH3 is 2. The molecule has 136 valence electrons. The van der Waals surface area contributed by atoms with Crippen LogP contribution in [0.3, 0.4) is 0 Å². The van der Waals surface area contributed by atoms with E-state index in [1.54, 1.807) is 6.07 Å². The number of phenolic OH excluding ortho intramolecular Hbond substituents is 2. The minimum absolute atomic E-state index is 0.0724. The normalized spacial score (nSPS) is 10.9. The van der Waals surface area contributed by atoms with Crippen LogP contribution in [0.25, 0.3) is 21.9 Å². The molecule has 0 saturated carbocycles. The summed E-state index contributed by atoms with van der Waals surface area (Å²) in [6, 6.07) is 4.29. The summed E-state index contributed by atoms with van der Waals surface area (Å²) in [6.45, 7) is 3.90. The Kier molecular flexibility index (Phi) is 4.50. The standard InChI is InChI=1S/C20H20O6/c1-10(2)5-6-11-14(24-3)9-17-18(19(11)22)20(23)12-7-16(25-4)13(21)8-15(12)26-17/h5,7-9,21-22H,6H2,1-4H3. The van der Waals surface area contributed by atoms with E-state index in [2.05, 4.69) is 0 Å². The predicted molar refractivity (Wildman–Crippen MR) is 99.6 cm³/mol. The van der Waals surface area contributed by atoms with Crippen molar-refractivity contribution in [2.75, 3.05) is 14.2 Å². The van der Waals surface area contributed by atoms with Crippen molar-refractivity contribution in [2.24, 2.45) is 0 Å². The van der Waals surface area contributed by atoms with Gasteiger partial charge in [-0.15, -0.1) is 0 Å². The summed E-state index contributed by atoms with van der Waals surface area (Å²) in [7, 11) is 2.88. The fourth-order valence-corrected chi connectivity index (χ4v) is 2.88. The highest BCUT2D eigenvalue weighted by atomic mass is 16.5. The molecule has 0 spiro atoms. The van der Waals surface area contributed by atoms with Crippen molar-refractivity contribution in [1.82, 2.24) is 0 Å². The van der Waals surface area contributed by atoms with Crippen molar-refractivity contribution >= 4 is 21.9 Å². The van der Waals surface area contributed by atoms with Crippen LogP contribution in [0.4, 0.5) is 0 Å². The van der Waals surface area contributed by atoms with E-state index in [0.29, 0.717) is 17.7 Å². The third-order valence-corrected chi connectivity index (χ3v) is 4.24. The topological polar surface area (TPSA) is 89.1 Å². The first kappa shape index (κ1) is 17.7. The summed E-state index contributed by atoms with van der Waals surface area (Å²) in [4.78, 5) is 13.0. The number of hydrogen-bond donors (Lipinski definition) is 2. The molecule has 0 bridgehead atoms.